The number of fused-ring (bicyclic) bond motifs is 1. The molecule has 0 amide bonds. The SMILES string of the molecule is Cc1cc(-c2c(-c3ccccc3)nc(N)[n+]3c(=O)n(CC4CCC(F)(F)C4)[nH]c23)cc(C)n1. The summed E-state index contributed by atoms with van der Waals surface area (Å²) < 4.78 is 30.2. The fourth-order valence-corrected chi connectivity index (χ4v) is 4.79. The number of halogens is 2. The second kappa shape index (κ2) is 7.75. The topological polar surface area (TPSA) is 93.7 Å². The lowest BCUT2D eigenvalue weighted by atomic mass is 9.99. The van der Waals surface area contributed by atoms with E-state index in [0.29, 0.717) is 23.3 Å². The lowest BCUT2D eigenvalue weighted by Crippen LogP contribution is -2.44. The number of alkyl halides is 2. The predicted octanol–water partition coefficient (Wildman–Crippen LogP) is 3.67. The van der Waals surface area contributed by atoms with E-state index in [4.69, 9.17) is 5.73 Å². The van der Waals surface area contributed by atoms with E-state index >= 15 is 0 Å². The summed E-state index contributed by atoms with van der Waals surface area (Å²) in [5.74, 6) is -2.93. The van der Waals surface area contributed by atoms with Gasteiger partial charge in [0, 0.05) is 29.8 Å². The summed E-state index contributed by atoms with van der Waals surface area (Å²) >= 11 is 0. The Labute approximate surface area is 188 Å². The average Bonchev–Trinajstić information content (AvgIpc) is 3.27. The van der Waals surface area contributed by atoms with Gasteiger partial charge in [0.15, 0.2) is 0 Å². The zero-order valence-electron chi connectivity index (χ0n) is 18.5. The monoisotopic (exact) mass is 451 g/mol. The summed E-state index contributed by atoms with van der Waals surface area (Å²) in [5.41, 5.74) is 11.0. The largest absolute Gasteiger partial charge is 0.428 e. The first-order valence-corrected chi connectivity index (χ1v) is 10.9. The number of aromatic nitrogens is 5. The van der Waals surface area contributed by atoms with Crippen LogP contribution in [0.15, 0.2) is 47.3 Å². The molecular weight excluding hydrogens is 426 g/mol. The predicted molar refractivity (Wildman–Crippen MR) is 121 cm³/mol. The molecule has 3 N–H and O–H groups in total. The van der Waals surface area contributed by atoms with Gasteiger partial charge in [0.25, 0.3) is 0 Å². The summed E-state index contributed by atoms with van der Waals surface area (Å²) in [6, 6.07) is 13.4. The van der Waals surface area contributed by atoms with Gasteiger partial charge in [0.05, 0.1) is 12.1 Å². The zero-order valence-corrected chi connectivity index (χ0v) is 18.5. The molecule has 0 aliphatic heterocycles. The molecule has 1 fully saturated rings. The Balaban J connectivity index is 1.75. The quantitative estimate of drug-likeness (QED) is 0.463. The van der Waals surface area contributed by atoms with E-state index in [-0.39, 0.29) is 31.3 Å². The third kappa shape index (κ3) is 3.88. The van der Waals surface area contributed by atoms with Gasteiger partial charge < -0.3 is 5.73 Å². The van der Waals surface area contributed by atoms with Crippen molar-refractivity contribution in [3.05, 3.63) is 64.3 Å². The van der Waals surface area contributed by atoms with Gasteiger partial charge in [0.2, 0.25) is 11.6 Å². The molecule has 7 nitrogen and oxygen atoms in total. The number of benzene rings is 1. The number of pyridine rings is 1. The number of aryl methyl sites for hydroxylation is 2. The Morgan fingerprint density at radius 2 is 1.85 bits per heavy atom. The molecule has 5 rings (SSSR count). The Morgan fingerprint density at radius 1 is 1.15 bits per heavy atom. The van der Waals surface area contributed by atoms with Crippen molar-refractivity contribution < 1.29 is 13.2 Å². The van der Waals surface area contributed by atoms with Crippen LogP contribution in [0.4, 0.5) is 14.7 Å². The van der Waals surface area contributed by atoms with Gasteiger partial charge in [-0.1, -0.05) is 30.3 Å². The normalized spacial score (nSPS) is 17.6. The smallest absolute Gasteiger partial charge is 0.319 e. The first kappa shape index (κ1) is 21.2. The first-order valence-electron chi connectivity index (χ1n) is 10.9. The van der Waals surface area contributed by atoms with Crippen LogP contribution in [-0.4, -0.2) is 25.7 Å². The molecule has 1 aliphatic carbocycles. The summed E-state index contributed by atoms with van der Waals surface area (Å²) in [6.45, 7) is 3.98. The maximum atomic E-state index is 13.7. The zero-order chi connectivity index (χ0) is 23.3. The van der Waals surface area contributed by atoms with Crippen LogP contribution >= 0.6 is 0 Å². The molecule has 3 heterocycles. The fourth-order valence-electron chi connectivity index (χ4n) is 4.79. The Hall–Kier alpha value is -3.62. The van der Waals surface area contributed by atoms with Crippen LogP contribution in [0.3, 0.4) is 0 Å². The van der Waals surface area contributed by atoms with Gasteiger partial charge in [-0.3, -0.25) is 4.98 Å². The van der Waals surface area contributed by atoms with E-state index in [1.807, 2.05) is 56.3 Å². The molecule has 1 aliphatic rings. The van der Waals surface area contributed by atoms with E-state index in [9.17, 15) is 13.6 Å². The van der Waals surface area contributed by atoms with Crippen molar-refractivity contribution in [3.8, 4) is 22.4 Å². The second-order valence-corrected chi connectivity index (χ2v) is 8.85. The summed E-state index contributed by atoms with van der Waals surface area (Å²) in [4.78, 5) is 22.3. The maximum absolute atomic E-state index is 13.7. The highest BCUT2D eigenvalue weighted by molar-refractivity contribution is 5.88. The molecule has 0 radical (unpaired) electrons. The number of rotatable bonds is 4. The molecule has 33 heavy (non-hydrogen) atoms. The summed E-state index contributed by atoms with van der Waals surface area (Å²) in [6.07, 6.45) is -0.00139. The number of nitrogens with two attached hydrogens (primary N) is 1. The van der Waals surface area contributed by atoms with Crippen LogP contribution < -0.4 is 15.8 Å². The Bertz CT molecular complexity index is 1390. The first-order chi connectivity index (χ1) is 15.7. The highest BCUT2D eigenvalue weighted by Crippen LogP contribution is 2.39. The molecular formula is C24H25F2N6O+. The molecule has 170 valence electrons. The van der Waals surface area contributed by atoms with Gasteiger partial charge in [-0.2, -0.15) is 4.68 Å². The number of H-pyrrole nitrogens is 1. The van der Waals surface area contributed by atoms with Crippen LogP contribution in [0.5, 0.6) is 0 Å². The molecule has 0 saturated heterocycles. The summed E-state index contributed by atoms with van der Waals surface area (Å²) in [7, 11) is 0. The minimum absolute atomic E-state index is 0.0341. The molecule has 1 aromatic carbocycles. The van der Waals surface area contributed by atoms with Crippen molar-refractivity contribution in [3.63, 3.8) is 0 Å². The Kier molecular flexibility index (Phi) is 4.99. The van der Waals surface area contributed by atoms with Crippen molar-refractivity contribution in [2.75, 3.05) is 5.73 Å². The van der Waals surface area contributed by atoms with E-state index in [2.05, 4.69) is 15.1 Å². The van der Waals surface area contributed by atoms with Crippen LogP contribution in [0.2, 0.25) is 0 Å². The number of nitrogens with one attached hydrogen (secondary N) is 1. The van der Waals surface area contributed by atoms with Crippen molar-refractivity contribution in [1.82, 2.24) is 19.7 Å². The van der Waals surface area contributed by atoms with Gasteiger partial charge >= 0.3 is 11.6 Å². The molecule has 3 aromatic heterocycles. The highest BCUT2D eigenvalue weighted by atomic mass is 19.3. The van der Waals surface area contributed by atoms with Crippen molar-refractivity contribution >= 4 is 11.6 Å². The van der Waals surface area contributed by atoms with E-state index in [0.717, 1.165) is 22.5 Å². The average molecular weight is 452 g/mol. The molecule has 4 aromatic rings. The third-order valence-electron chi connectivity index (χ3n) is 6.18. The molecule has 9 heteroatoms. The van der Waals surface area contributed by atoms with E-state index < -0.39 is 11.6 Å². The second-order valence-electron chi connectivity index (χ2n) is 8.85. The number of nitrogen functional groups attached to an aromatic ring is 1. The van der Waals surface area contributed by atoms with Crippen molar-refractivity contribution in [2.24, 2.45) is 5.92 Å². The van der Waals surface area contributed by atoms with Gasteiger partial charge in [-0.25, -0.2) is 18.7 Å². The van der Waals surface area contributed by atoms with Crippen LogP contribution in [0, 0.1) is 19.8 Å². The maximum Gasteiger partial charge on any atom is 0.428 e. The van der Waals surface area contributed by atoms with Crippen LogP contribution in [-0.2, 0) is 6.54 Å². The third-order valence-corrected chi connectivity index (χ3v) is 6.18. The Morgan fingerprint density at radius 3 is 2.48 bits per heavy atom. The lowest BCUT2D eigenvalue weighted by molar-refractivity contribution is -0.516. The molecule has 0 spiro atoms. The molecule has 0 bridgehead atoms. The standard InChI is InChI=1S/C24H24F2N6O/c1-14-10-18(11-15(2)28-14)19-20(17-6-4-3-5-7-17)29-22(27)32-21(19)30-31(23(32)33)13-16-8-9-24(25,26)12-16/h3-7,10-11,16H,8-9,12-13H2,1-2H3,(H2,27,28,29,30)/p+1. The molecule has 1 saturated carbocycles. The molecule has 1 unspecified atom stereocenters. The lowest BCUT2D eigenvalue weighted by Gasteiger charge is -2.10. The number of anilines is 1. The van der Waals surface area contributed by atoms with E-state index in [1.54, 1.807) is 0 Å². The minimum Gasteiger partial charge on any atom is -0.319 e. The van der Waals surface area contributed by atoms with Crippen LogP contribution in [0.1, 0.15) is 30.7 Å². The van der Waals surface area contributed by atoms with Gasteiger partial charge in [-0.05, 0) is 43.9 Å². The fraction of sp³-hybridized carbons (Fsp3) is 0.333. The summed E-state index contributed by atoms with van der Waals surface area (Å²) in [5, 5.41) is 3.16. The number of hydrogen-bond donors (Lipinski definition) is 2. The van der Waals surface area contributed by atoms with Crippen LogP contribution in [0.25, 0.3) is 28.0 Å². The van der Waals surface area contributed by atoms with Crippen molar-refractivity contribution in [2.45, 2.75) is 45.6 Å². The molecule has 1 atom stereocenters. The minimum atomic E-state index is -2.67. The number of aromatic amines is 1. The highest BCUT2D eigenvalue weighted by Gasteiger charge is 2.40. The van der Waals surface area contributed by atoms with Gasteiger partial charge in [0.1, 0.15) is 5.69 Å². The number of nitrogens with zero attached hydrogens (tertiary/aromatic N) is 4. The van der Waals surface area contributed by atoms with E-state index in [1.165, 1.54) is 9.08 Å². The number of hydrogen-bond acceptors (Lipinski definition) is 4. The van der Waals surface area contributed by atoms with Crippen molar-refractivity contribution in [1.29, 1.82) is 0 Å². The van der Waals surface area contributed by atoms with Gasteiger partial charge in [-0.15, -0.1) is 9.38 Å².